The highest BCUT2D eigenvalue weighted by molar-refractivity contribution is 7.89. The van der Waals surface area contributed by atoms with Gasteiger partial charge in [-0.3, -0.25) is 0 Å². The summed E-state index contributed by atoms with van der Waals surface area (Å²) < 4.78 is 26.1. The van der Waals surface area contributed by atoms with Crippen molar-refractivity contribution in [3.05, 3.63) is 0 Å². The van der Waals surface area contributed by atoms with Crippen LogP contribution in [0.2, 0.25) is 0 Å². The SMILES string of the molecule is CC(C)CS(=O)(=O)NC1(C)CCNC1. The van der Waals surface area contributed by atoms with Crippen LogP contribution in [0.25, 0.3) is 0 Å². The standard InChI is InChI=1S/C9H20N2O2S/c1-8(2)6-14(12,13)11-9(3)4-5-10-7-9/h8,10-11H,4-7H2,1-3H3. The fourth-order valence-electron chi connectivity index (χ4n) is 1.76. The molecule has 0 spiro atoms. The van der Waals surface area contributed by atoms with Crippen molar-refractivity contribution in [2.24, 2.45) is 5.92 Å². The van der Waals surface area contributed by atoms with Crippen molar-refractivity contribution < 1.29 is 8.42 Å². The second-order valence-electron chi connectivity index (χ2n) is 4.76. The van der Waals surface area contributed by atoms with Crippen LogP contribution in [0.15, 0.2) is 0 Å². The van der Waals surface area contributed by atoms with Crippen LogP contribution in [0.5, 0.6) is 0 Å². The Morgan fingerprint density at radius 1 is 1.50 bits per heavy atom. The van der Waals surface area contributed by atoms with E-state index in [-0.39, 0.29) is 17.2 Å². The van der Waals surface area contributed by atoms with Gasteiger partial charge in [0.05, 0.1) is 5.75 Å². The molecule has 0 aromatic rings. The Bertz CT molecular complexity index is 279. The first-order valence-electron chi connectivity index (χ1n) is 5.05. The highest BCUT2D eigenvalue weighted by Gasteiger charge is 2.32. The van der Waals surface area contributed by atoms with Crippen LogP contribution >= 0.6 is 0 Å². The van der Waals surface area contributed by atoms with Gasteiger partial charge in [-0.2, -0.15) is 0 Å². The lowest BCUT2D eigenvalue weighted by Gasteiger charge is -2.24. The van der Waals surface area contributed by atoms with Crippen LogP contribution in [-0.2, 0) is 10.0 Å². The maximum Gasteiger partial charge on any atom is 0.212 e. The van der Waals surface area contributed by atoms with Crippen LogP contribution in [0.3, 0.4) is 0 Å². The topological polar surface area (TPSA) is 58.2 Å². The molecule has 0 saturated carbocycles. The van der Waals surface area contributed by atoms with E-state index in [4.69, 9.17) is 0 Å². The number of sulfonamides is 1. The van der Waals surface area contributed by atoms with Crippen molar-refractivity contribution >= 4 is 10.0 Å². The Hall–Kier alpha value is -0.130. The molecule has 0 amide bonds. The molecule has 1 saturated heterocycles. The zero-order valence-corrected chi connectivity index (χ0v) is 9.95. The largest absolute Gasteiger partial charge is 0.315 e. The third-order valence-corrected chi connectivity index (χ3v) is 4.23. The monoisotopic (exact) mass is 220 g/mol. The van der Waals surface area contributed by atoms with Gasteiger partial charge in [-0.15, -0.1) is 0 Å². The lowest BCUT2D eigenvalue weighted by atomic mass is 10.0. The Labute approximate surface area is 86.5 Å². The van der Waals surface area contributed by atoms with E-state index in [1.165, 1.54) is 0 Å². The lowest BCUT2D eigenvalue weighted by molar-refractivity contribution is 0.449. The lowest BCUT2D eigenvalue weighted by Crippen LogP contribution is -2.48. The summed E-state index contributed by atoms with van der Waals surface area (Å²) in [4.78, 5) is 0. The van der Waals surface area contributed by atoms with Crippen LogP contribution < -0.4 is 10.0 Å². The van der Waals surface area contributed by atoms with Gasteiger partial charge in [0.2, 0.25) is 10.0 Å². The molecule has 0 bridgehead atoms. The minimum absolute atomic E-state index is 0.172. The average molecular weight is 220 g/mol. The predicted octanol–water partition coefficient (Wildman–Crippen LogP) is 0.314. The summed E-state index contributed by atoms with van der Waals surface area (Å²) in [5.41, 5.74) is -0.284. The van der Waals surface area contributed by atoms with Gasteiger partial charge in [-0.05, 0) is 25.8 Å². The molecule has 0 radical (unpaired) electrons. The molecule has 1 fully saturated rings. The summed E-state index contributed by atoms with van der Waals surface area (Å²) in [5.74, 6) is 0.383. The summed E-state index contributed by atoms with van der Waals surface area (Å²) in [6.07, 6.45) is 0.865. The van der Waals surface area contributed by atoms with Crippen molar-refractivity contribution in [3.63, 3.8) is 0 Å². The second-order valence-corrected chi connectivity index (χ2v) is 6.53. The Kier molecular flexibility index (Phi) is 3.55. The highest BCUT2D eigenvalue weighted by Crippen LogP contribution is 2.15. The number of rotatable bonds is 4. The first kappa shape index (κ1) is 11.9. The summed E-state index contributed by atoms with van der Waals surface area (Å²) in [6.45, 7) is 7.39. The van der Waals surface area contributed by atoms with Crippen molar-refractivity contribution in [2.45, 2.75) is 32.7 Å². The van der Waals surface area contributed by atoms with Gasteiger partial charge in [-0.1, -0.05) is 13.8 Å². The number of nitrogens with one attached hydrogen (secondary N) is 2. The Morgan fingerprint density at radius 3 is 2.57 bits per heavy atom. The molecule has 1 unspecified atom stereocenters. The quantitative estimate of drug-likeness (QED) is 0.717. The van der Waals surface area contributed by atoms with Crippen molar-refractivity contribution in [3.8, 4) is 0 Å². The van der Waals surface area contributed by atoms with Gasteiger partial charge in [-0.25, -0.2) is 13.1 Å². The first-order chi connectivity index (χ1) is 6.33. The minimum Gasteiger partial charge on any atom is -0.315 e. The molecule has 2 N–H and O–H groups in total. The zero-order chi connectivity index (χ0) is 10.8. The van der Waals surface area contributed by atoms with E-state index in [0.717, 1.165) is 19.5 Å². The van der Waals surface area contributed by atoms with Gasteiger partial charge in [0, 0.05) is 12.1 Å². The Morgan fingerprint density at radius 2 is 2.14 bits per heavy atom. The van der Waals surface area contributed by atoms with E-state index in [0.29, 0.717) is 0 Å². The maximum atomic E-state index is 11.7. The van der Waals surface area contributed by atoms with Crippen LogP contribution in [0.1, 0.15) is 27.2 Å². The third kappa shape index (κ3) is 3.55. The molecule has 1 rings (SSSR count). The smallest absolute Gasteiger partial charge is 0.212 e. The minimum atomic E-state index is -3.11. The molecule has 84 valence electrons. The molecule has 0 aromatic heterocycles. The van der Waals surface area contributed by atoms with E-state index in [1.54, 1.807) is 0 Å². The molecular weight excluding hydrogens is 200 g/mol. The normalized spacial score (nSPS) is 28.6. The van der Waals surface area contributed by atoms with Gasteiger partial charge < -0.3 is 5.32 Å². The van der Waals surface area contributed by atoms with Crippen LogP contribution in [0, 0.1) is 5.92 Å². The van der Waals surface area contributed by atoms with E-state index >= 15 is 0 Å². The molecular formula is C9H20N2O2S. The molecule has 1 heterocycles. The fraction of sp³-hybridized carbons (Fsp3) is 1.00. The van der Waals surface area contributed by atoms with Crippen LogP contribution in [-0.4, -0.2) is 32.8 Å². The molecule has 4 nitrogen and oxygen atoms in total. The van der Waals surface area contributed by atoms with E-state index in [1.807, 2.05) is 20.8 Å². The predicted molar refractivity (Wildman–Crippen MR) is 57.7 cm³/mol. The fourth-order valence-corrected chi connectivity index (χ4v) is 3.65. The molecule has 1 aliphatic heterocycles. The van der Waals surface area contributed by atoms with E-state index in [9.17, 15) is 8.42 Å². The van der Waals surface area contributed by atoms with Crippen LogP contribution in [0.4, 0.5) is 0 Å². The Balaban J connectivity index is 2.58. The molecule has 0 aromatic carbocycles. The summed E-state index contributed by atoms with van der Waals surface area (Å²) in [7, 11) is -3.11. The molecule has 1 aliphatic rings. The number of hydrogen-bond donors (Lipinski definition) is 2. The molecule has 14 heavy (non-hydrogen) atoms. The van der Waals surface area contributed by atoms with Gasteiger partial charge >= 0.3 is 0 Å². The summed E-state index contributed by atoms with van der Waals surface area (Å²) in [5, 5.41) is 3.16. The molecule has 5 heteroatoms. The van der Waals surface area contributed by atoms with Crippen molar-refractivity contribution in [2.75, 3.05) is 18.8 Å². The highest BCUT2D eigenvalue weighted by atomic mass is 32.2. The zero-order valence-electron chi connectivity index (χ0n) is 9.13. The summed E-state index contributed by atoms with van der Waals surface area (Å²) in [6, 6.07) is 0. The van der Waals surface area contributed by atoms with E-state index < -0.39 is 10.0 Å². The third-order valence-electron chi connectivity index (χ3n) is 2.32. The van der Waals surface area contributed by atoms with Gasteiger partial charge in [0.1, 0.15) is 0 Å². The second kappa shape index (κ2) is 4.16. The number of hydrogen-bond acceptors (Lipinski definition) is 3. The van der Waals surface area contributed by atoms with E-state index in [2.05, 4.69) is 10.0 Å². The maximum absolute atomic E-state index is 11.7. The van der Waals surface area contributed by atoms with Crippen molar-refractivity contribution in [1.82, 2.24) is 10.0 Å². The van der Waals surface area contributed by atoms with Gasteiger partial charge in [0.15, 0.2) is 0 Å². The van der Waals surface area contributed by atoms with Crippen molar-refractivity contribution in [1.29, 1.82) is 0 Å². The molecule has 0 aliphatic carbocycles. The summed E-state index contributed by atoms with van der Waals surface area (Å²) >= 11 is 0. The molecule has 1 atom stereocenters. The first-order valence-corrected chi connectivity index (χ1v) is 6.71. The average Bonchev–Trinajstić information content (AvgIpc) is 2.30. The van der Waals surface area contributed by atoms with Gasteiger partial charge in [0.25, 0.3) is 0 Å².